The Morgan fingerprint density at radius 1 is 1.06 bits per heavy atom. The van der Waals surface area contributed by atoms with E-state index in [1.165, 1.54) is 17.8 Å². The first-order valence-corrected chi connectivity index (χ1v) is 12.1. The van der Waals surface area contributed by atoms with Crippen molar-refractivity contribution in [1.82, 2.24) is 14.9 Å². The lowest BCUT2D eigenvalue weighted by atomic mass is 9.90. The molecule has 1 fully saturated rings. The zero-order valence-electron chi connectivity index (χ0n) is 18.1. The highest BCUT2D eigenvalue weighted by Gasteiger charge is 2.29. The Morgan fingerprint density at radius 3 is 2.64 bits per heavy atom. The van der Waals surface area contributed by atoms with Gasteiger partial charge < -0.3 is 9.32 Å². The van der Waals surface area contributed by atoms with E-state index in [9.17, 15) is 9.18 Å². The van der Waals surface area contributed by atoms with Gasteiger partial charge in [0.25, 0.3) is 5.91 Å². The summed E-state index contributed by atoms with van der Waals surface area (Å²) in [6.45, 7) is 1.34. The minimum atomic E-state index is -0.198. The fraction of sp³-hybridized carbons (Fsp3) is 0.269. The van der Waals surface area contributed by atoms with E-state index >= 15 is 0 Å². The number of fused-ring (bicyclic) bond motifs is 1. The molecule has 1 aliphatic rings. The van der Waals surface area contributed by atoms with Crippen molar-refractivity contribution in [2.45, 2.75) is 30.2 Å². The van der Waals surface area contributed by atoms with Crippen LogP contribution in [0.2, 0.25) is 0 Å². The number of likely N-dealkylation sites (tertiary alicyclic amines) is 1. The summed E-state index contributed by atoms with van der Waals surface area (Å²) in [5.74, 6) is 1.13. The van der Waals surface area contributed by atoms with Crippen molar-refractivity contribution in [3.63, 3.8) is 0 Å². The minimum absolute atomic E-state index is 0.0695. The number of piperidine rings is 1. The van der Waals surface area contributed by atoms with E-state index in [2.05, 4.69) is 9.97 Å². The Kier molecular flexibility index (Phi) is 6.39. The molecule has 2 aromatic carbocycles. The number of rotatable bonds is 6. The predicted octanol–water partition coefficient (Wildman–Crippen LogP) is 5.75. The molecule has 0 spiro atoms. The second-order valence-corrected chi connectivity index (χ2v) is 9.24. The number of benzene rings is 2. The SMILES string of the molecule is O=C(c1oc2ccccc2c1CSc1ncccn1)N1CCC(Cc2cccc(F)c2)CC1. The molecule has 1 aliphatic heterocycles. The van der Waals surface area contributed by atoms with E-state index < -0.39 is 0 Å². The highest BCUT2D eigenvalue weighted by Crippen LogP contribution is 2.33. The van der Waals surface area contributed by atoms with Crippen molar-refractivity contribution in [3.8, 4) is 0 Å². The van der Waals surface area contributed by atoms with Crippen molar-refractivity contribution in [2.75, 3.05) is 13.1 Å². The molecule has 5 rings (SSSR count). The third-order valence-corrected chi connectivity index (χ3v) is 7.00. The molecule has 0 radical (unpaired) electrons. The minimum Gasteiger partial charge on any atom is -0.451 e. The third kappa shape index (κ3) is 4.93. The molecule has 2 aromatic heterocycles. The first-order valence-electron chi connectivity index (χ1n) is 11.1. The molecular formula is C26H24FN3O2S. The topological polar surface area (TPSA) is 59.2 Å². The summed E-state index contributed by atoms with van der Waals surface area (Å²) in [7, 11) is 0. The van der Waals surface area contributed by atoms with Gasteiger partial charge in [0.15, 0.2) is 10.9 Å². The summed E-state index contributed by atoms with van der Waals surface area (Å²) in [6.07, 6.45) is 6.05. The van der Waals surface area contributed by atoms with Gasteiger partial charge in [-0.1, -0.05) is 42.1 Å². The maximum absolute atomic E-state index is 13.5. The lowest BCUT2D eigenvalue weighted by molar-refractivity contribution is 0.0659. The average molecular weight is 462 g/mol. The highest BCUT2D eigenvalue weighted by molar-refractivity contribution is 7.98. The van der Waals surface area contributed by atoms with E-state index in [1.807, 2.05) is 35.2 Å². The Morgan fingerprint density at radius 2 is 1.85 bits per heavy atom. The molecule has 0 saturated carbocycles. The Labute approximate surface area is 196 Å². The number of hydrogen-bond donors (Lipinski definition) is 0. The lowest BCUT2D eigenvalue weighted by Gasteiger charge is -2.31. The van der Waals surface area contributed by atoms with Crippen LogP contribution < -0.4 is 0 Å². The van der Waals surface area contributed by atoms with Crippen LogP contribution in [0.3, 0.4) is 0 Å². The zero-order chi connectivity index (χ0) is 22.6. The van der Waals surface area contributed by atoms with Crippen LogP contribution in [0.4, 0.5) is 4.39 Å². The van der Waals surface area contributed by atoms with Gasteiger partial charge in [0.1, 0.15) is 11.4 Å². The summed E-state index contributed by atoms with van der Waals surface area (Å²) in [5, 5.41) is 1.62. The number of aromatic nitrogens is 2. The summed E-state index contributed by atoms with van der Waals surface area (Å²) in [6, 6.07) is 16.3. The molecular weight excluding hydrogens is 437 g/mol. The lowest BCUT2D eigenvalue weighted by Crippen LogP contribution is -2.39. The number of amides is 1. The zero-order valence-corrected chi connectivity index (χ0v) is 18.9. The fourth-order valence-corrected chi connectivity index (χ4v) is 5.22. The largest absolute Gasteiger partial charge is 0.451 e. The number of nitrogens with zero attached hydrogens (tertiary/aromatic N) is 3. The van der Waals surface area contributed by atoms with Gasteiger partial charge in [-0.05, 0) is 55.0 Å². The summed E-state index contributed by atoms with van der Waals surface area (Å²) < 4.78 is 19.6. The monoisotopic (exact) mass is 461 g/mol. The number of hydrogen-bond acceptors (Lipinski definition) is 5. The van der Waals surface area contributed by atoms with Crippen LogP contribution in [0.5, 0.6) is 0 Å². The van der Waals surface area contributed by atoms with Gasteiger partial charge in [-0.25, -0.2) is 14.4 Å². The molecule has 33 heavy (non-hydrogen) atoms. The van der Waals surface area contributed by atoms with Crippen LogP contribution in [0.15, 0.2) is 76.6 Å². The summed E-state index contributed by atoms with van der Waals surface area (Å²) >= 11 is 1.49. The number of carbonyl (C=O) groups is 1. The van der Waals surface area contributed by atoms with E-state index in [1.54, 1.807) is 30.6 Å². The van der Waals surface area contributed by atoms with Gasteiger partial charge in [-0.3, -0.25) is 4.79 Å². The first kappa shape index (κ1) is 21.6. The number of halogens is 1. The van der Waals surface area contributed by atoms with Crippen LogP contribution in [0.25, 0.3) is 11.0 Å². The Balaban J connectivity index is 1.30. The third-order valence-electron chi connectivity index (χ3n) is 6.10. The van der Waals surface area contributed by atoms with Gasteiger partial charge in [0.05, 0.1) is 0 Å². The normalized spacial score (nSPS) is 14.6. The quantitative estimate of drug-likeness (QED) is 0.270. The molecule has 0 atom stereocenters. The molecule has 0 N–H and O–H groups in total. The Bertz CT molecular complexity index is 1250. The number of carbonyl (C=O) groups excluding carboxylic acids is 1. The Hall–Kier alpha value is -3.19. The van der Waals surface area contributed by atoms with Crippen molar-refractivity contribution in [3.05, 3.63) is 89.7 Å². The maximum atomic E-state index is 13.5. The van der Waals surface area contributed by atoms with Crippen LogP contribution >= 0.6 is 11.8 Å². The van der Waals surface area contributed by atoms with E-state index in [0.717, 1.165) is 35.8 Å². The predicted molar refractivity (Wildman–Crippen MR) is 127 cm³/mol. The van der Waals surface area contributed by atoms with E-state index in [4.69, 9.17) is 4.42 Å². The van der Waals surface area contributed by atoms with Crippen LogP contribution in [-0.4, -0.2) is 33.9 Å². The van der Waals surface area contributed by atoms with E-state index in [-0.39, 0.29) is 11.7 Å². The molecule has 0 bridgehead atoms. The number of thioether (sulfide) groups is 1. The van der Waals surface area contributed by atoms with Crippen LogP contribution in [-0.2, 0) is 12.2 Å². The standard InChI is InChI=1S/C26H24FN3O2S/c27-20-6-3-5-19(16-20)15-18-9-13-30(14-10-18)25(31)24-22(17-33-26-28-11-4-12-29-26)21-7-1-2-8-23(21)32-24/h1-8,11-12,16,18H,9-10,13-15,17H2. The molecule has 1 amide bonds. The van der Waals surface area contributed by atoms with Crippen LogP contribution in [0.1, 0.15) is 34.5 Å². The molecule has 4 aromatic rings. The first-order chi connectivity index (χ1) is 16.2. The molecule has 7 heteroatoms. The van der Waals surface area contributed by atoms with Crippen LogP contribution in [0, 0.1) is 11.7 Å². The molecule has 0 aliphatic carbocycles. The molecule has 168 valence electrons. The fourth-order valence-electron chi connectivity index (χ4n) is 4.39. The van der Waals surface area contributed by atoms with Gasteiger partial charge in [-0.15, -0.1) is 0 Å². The van der Waals surface area contributed by atoms with Gasteiger partial charge in [0.2, 0.25) is 0 Å². The van der Waals surface area contributed by atoms with Gasteiger partial charge >= 0.3 is 0 Å². The summed E-state index contributed by atoms with van der Waals surface area (Å²) in [4.78, 5) is 23.9. The molecule has 0 unspecified atom stereocenters. The second-order valence-electron chi connectivity index (χ2n) is 8.30. The van der Waals surface area contributed by atoms with Crippen molar-refractivity contribution in [2.24, 2.45) is 5.92 Å². The van der Waals surface area contributed by atoms with E-state index in [0.29, 0.717) is 41.3 Å². The van der Waals surface area contributed by atoms with Crippen molar-refractivity contribution in [1.29, 1.82) is 0 Å². The summed E-state index contributed by atoms with van der Waals surface area (Å²) in [5.41, 5.74) is 2.61. The maximum Gasteiger partial charge on any atom is 0.289 e. The molecule has 1 saturated heterocycles. The van der Waals surface area contributed by atoms with Gasteiger partial charge in [-0.2, -0.15) is 0 Å². The van der Waals surface area contributed by atoms with Crippen molar-refractivity contribution >= 4 is 28.6 Å². The second kappa shape index (κ2) is 9.75. The molecule has 3 heterocycles. The average Bonchev–Trinajstić information content (AvgIpc) is 3.22. The number of para-hydroxylation sites is 1. The van der Waals surface area contributed by atoms with Gasteiger partial charge in [0, 0.05) is 42.2 Å². The smallest absolute Gasteiger partial charge is 0.289 e. The molecule has 5 nitrogen and oxygen atoms in total. The highest BCUT2D eigenvalue weighted by atomic mass is 32.2. The van der Waals surface area contributed by atoms with Crippen molar-refractivity contribution < 1.29 is 13.6 Å². The number of furan rings is 1.